The fourth-order valence-corrected chi connectivity index (χ4v) is 3.12. The third kappa shape index (κ3) is 3.92. The minimum Gasteiger partial charge on any atom is -0.338 e. The van der Waals surface area contributed by atoms with Crippen LogP contribution in [0.4, 0.5) is 0 Å². The van der Waals surface area contributed by atoms with Crippen LogP contribution in [0.2, 0.25) is 0 Å². The zero-order chi connectivity index (χ0) is 16.3. The molecule has 0 unspecified atom stereocenters. The molecule has 2 rings (SSSR count). The van der Waals surface area contributed by atoms with Crippen LogP contribution in [0.1, 0.15) is 12.6 Å². The van der Waals surface area contributed by atoms with Gasteiger partial charge < -0.3 is 4.90 Å². The number of hydrogen-bond donors (Lipinski definition) is 0. The molecule has 1 amide bonds. The van der Waals surface area contributed by atoms with Crippen molar-refractivity contribution in [3.63, 3.8) is 0 Å². The molecule has 0 aliphatic carbocycles. The minimum absolute atomic E-state index is 0.0747. The van der Waals surface area contributed by atoms with E-state index in [1.54, 1.807) is 4.90 Å². The molecule has 2 heterocycles. The summed E-state index contributed by atoms with van der Waals surface area (Å²) >= 11 is 0. The van der Waals surface area contributed by atoms with Crippen LogP contribution in [0.15, 0.2) is 17.2 Å². The number of sulfonamides is 1. The molecule has 1 fully saturated rings. The molecule has 9 heteroatoms. The van der Waals surface area contributed by atoms with Crippen molar-refractivity contribution >= 4 is 15.9 Å². The maximum atomic E-state index is 12.2. The van der Waals surface area contributed by atoms with E-state index in [2.05, 4.69) is 4.98 Å². The summed E-state index contributed by atoms with van der Waals surface area (Å²) in [4.78, 5) is 29.7. The van der Waals surface area contributed by atoms with E-state index in [0.717, 1.165) is 6.26 Å². The molecule has 0 radical (unpaired) electrons. The smallest absolute Gasteiger partial charge is 0.253 e. The standard InChI is InChI=1S/C13H20N4O4S/c1-3-11-8-12(18)16(10-14-11)9-13(19)15-4-6-17(7-5-15)22(2,20)21/h8,10H,3-7,9H2,1-2H3. The van der Waals surface area contributed by atoms with E-state index < -0.39 is 10.0 Å². The SMILES string of the molecule is CCc1cc(=O)n(CC(=O)N2CCN(S(C)(=O)=O)CC2)cn1. The van der Waals surface area contributed by atoms with Gasteiger partial charge in [-0.15, -0.1) is 0 Å². The van der Waals surface area contributed by atoms with E-state index >= 15 is 0 Å². The maximum Gasteiger partial charge on any atom is 0.253 e. The molecule has 0 N–H and O–H groups in total. The average Bonchev–Trinajstić information content (AvgIpc) is 2.48. The van der Waals surface area contributed by atoms with Gasteiger partial charge in [0.25, 0.3) is 5.56 Å². The summed E-state index contributed by atoms with van der Waals surface area (Å²) < 4.78 is 25.5. The molecule has 22 heavy (non-hydrogen) atoms. The monoisotopic (exact) mass is 328 g/mol. The number of aromatic nitrogens is 2. The first-order valence-electron chi connectivity index (χ1n) is 7.09. The zero-order valence-corrected chi connectivity index (χ0v) is 13.5. The third-order valence-electron chi connectivity index (χ3n) is 3.66. The summed E-state index contributed by atoms with van der Waals surface area (Å²) in [6.07, 6.45) is 3.20. The van der Waals surface area contributed by atoms with Crippen molar-refractivity contribution in [2.75, 3.05) is 32.4 Å². The predicted molar refractivity (Wildman–Crippen MR) is 80.9 cm³/mol. The normalized spacial score (nSPS) is 16.7. The van der Waals surface area contributed by atoms with E-state index in [1.807, 2.05) is 6.92 Å². The van der Waals surface area contributed by atoms with E-state index in [1.165, 1.54) is 21.3 Å². The fourth-order valence-electron chi connectivity index (χ4n) is 2.29. The molecule has 1 aromatic rings. The molecule has 1 aliphatic rings. The van der Waals surface area contributed by atoms with Crippen LogP contribution in [0.25, 0.3) is 0 Å². The lowest BCUT2D eigenvalue weighted by molar-refractivity contribution is -0.133. The Hall–Kier alpha value is -1.74. The Morgan fingerprint density at radius 1 is 1.27 bits per heavy atom. The molecule has 0 spiro atoms. The topological polar surface area (TPSA) is 92.6 Å². The highest BCUT2D eigenvalue weighted by molar-refractivity contribution is 7.88. The van der Waals surface area contributed by atoms with Crippen molar-refractivity contribution in [3.8, 4) is 0 Å². The van der Waals surface area contributed by atoms with E-state index in [9.17, 15) is 18.0 Å². The quantitative estimate of drug-likeness (QED) is 0.700. The van der Waals surface area contributed by atoms with Crippen LogP contribution < -0.4 is 5.56 Å². The summed E-state index contributed by atoms with van der Waals surface area (Å²) in [5.74, 6) is -0.207. The van der Waals surface area contributed by atoms with Gasteiger partial charge >= 0.3 is 0 Å². The second-order valence-corrected chi connectivity index (χ2v) is 7.23. The number of piperazine rings is 1. The number of carbonyl (C=O) groups is 1. The van der Waals surface area contributed by atoms with Gasteiger partial charge in [-0.05, 0) is 6.42 Å². The lowest BCUT2D eigenvalue weighted by Crippen LogP contribution is -2.51. The van der Waals surface area contributed by atoms with Gasteiger partial charge in [-0.3, -0.25) is 14.2 Å². The number of rotatable bonds is 4. The molecule has 1 aliphatic heterocycles. The number of aryl methyl sites for hydroxylation is 1. The first kappa shape index (κ1) is 16.6. The Bertz CT molecular complexity index is 705. The van der Waals surface area contributed by atoms with Gasteiger partial charge in [0, 0.05) is 37.9 Å². The number of carbonyl (C=O) groups excluding carboxylic acids is 1. The Labute approximate surface area is 129 Å². The van der Waals surface area contributed by atoms with Crippen molar-refractivity contribution in [2.45, 2.75) is 19.9 Å². The Morgan fingerprint density at radius 2 is 1.91 bits per heavy atom. The van der Waals surface area contributed by atoms with Gasteiger partial charge in [0.2, 0.25) is 15.9 Å². The second-order valence-electron chi connectivity index (χ2n) is 5.24. The fraction of sp³-hybridized carbons (Fsp3) is 0.615. The zero-order valence-electron chi connectivity index (χ0n) is 12.7. The van der Waals surface area contributed by atoms with Crippen LogP contribution >= 0.6 is 0 Å². The molecule has 0 aromatic carbocycles. The van der Waals surface area contributed by atoms with Crippen molar-refractivity contribution in [2.24, 2.45) is 0 Å². The summed E-state index contributed by atoms with van der Waals surface area (Å²) in [6, 6.07) is 1.43. The highest BCUT2D eigenvalue weighted by Crippen LogP contribution is 2.06. The Balaban J connectivity index is 1.98. The molecule has 1 saturated heterocycles. The molecule has 0 atom stereocenters. The Kier molecular flexibility index (Phi) is 4.97. The average molecular weight is 328 g/mol. The van der Waals surface area contributed by atoms with Gasteiger partial charge in [-0.1, -0.05) is 6.92 Å². The predicted octanol–water partition coefficient (Wildman–Crippen LogP) is -1.09. The van der Waals surface area contributed by atoms with Crippen LogP contribution in [-0.2, 0) is 27.8 Å². The van der Waals surface area contributed by atoms with Gasteiger partial charge in [-0.25, -0.2) is 13.4 Å². The number of amides is 1. The van der Waals surface area contributed by atoms with Crippen LogP contribution in [0.5, 0.6) is 0 Å². The van der Waals surface area contributed by atoms with E-state index in [-0.39, 0.29) is 31.1 Å². The van der Waals surface area contributed by atoms with E-state index in [0.29, 0.717) is 25.2 Å². The molecule has 122 valence electrons. The number of nitrogens with zero attached hydrogens (tertiary/aromatic N) is 4. The summed E-state index contributed by atoms with van der Waals surface area (Å²) in [5, 5.41) is 0. The lowest BCUT2D eigenvalue weighted by Gasteiger charge is -2.33. The van der Waals surface area contributed by atoms with Gasteiger partial charge in [0.15, 0.2) is 0 Å². The molecule has 8 nitrogen and oxygen atoms in total. The summed E-state index contributed by atoms with van der Waals surface area (Å²) in [7, 11) is -3.22. The van der Waals surface area contributed by atoms with Gasteiger partial charge in [0.1, 0.15) is 6.54 Å². The van der Waals surface area contributed by atoms with Crippen molar-refractivity contribution in [3.05, 3.63) is 28.4 Å². The highest BCUT2D eigenvalue weighted by Gasteiger charge is 2.26. The largest absolute Gasteiger partial charge is 0.338 e. The highest BCUT2D eigenvalue weighted by atomic mass is 32.2. The minimum atomic E-state index is -3.22. The molecule has 0 bridgehead atoms. The van der Waals surface area contributed by atoms with Crippen molar-refractivity contribution < 1.29 is 13.2 Å². The van der Waals surface area contributed by atoms with Crippen LogP contribution in [0, 0.1) is 0 Å². The first-order valence-corrected chi connectivity index (χ1v) is 8.94. The molecular formula is C13H20N4O4S. The van der Waals surface area contributed by atoms with E-state index in [4.69, 9.17) is 0 Å². The van der Waals surface area contributed by atoms with Gasteiger partial charge in [-0.2, -0.15) is 4.31 Å². The van der Waals surface area contributed by atoms with Crippen molar-refractivity contribution in [1.29, 1.82) is 0 Å². The molecular weight excluding hydrogens is 308 g/mol. The van der Waals surface area contributed by atoms with Crippen molar-refractivity contribution in [1.82, 2.24) is 18.8 Å². The molecule has 1 aromatic heterocycles. The summed E-state index contributed by atoms with van der Waals surface area (Å²) in [5.41, 5.74) is 0.436. The summed E-state index contributed by atoms with van der Waals surface area (Å²) in [6.45, 7) is 3.06. The van der Waals surface area contributed by atoms with Gasteiger partial charge in [0.05, 0.1) is 12.6 Å². The second kappa shape index (κ2) is 6.57. The first-order chi connectivity index (χ1) is 10.3. The Morgan fingerprint density at radius 3 is 2.41 bits per heavy atom. The molecule has 0 saturated carbocycles. The van der Waals surface area contributed by atoms with Crippen LogP contribution in [-0.4, -0.2) is 65.5 Å². The maximum absolute atomic E-state index is 12.2. The third-order valence-corrected chi connectivity index (χ3v) is 4.97. The number of hydrogen-bond acceptors (Lipinski definition) is 5. The lowest BCUT2D eigenvalue weighted by atomic mass is 10.3. The van der Waals surface area contributed by atoms with Crippen LogP contribution in [0.3, 0.4) is 0 Å².